The highest BCUT2D eigenvalue weighted by Crippen LogP contribution is 2.40. The van der Waals surface area contributed by atoms with Gasteiger partial charge in [-0.3, -0.25) is 9.78 Å². The van der Waals surface area contributed by atoms with Gasteiger partial charge >= 0.3 is 0 Å². The van der Waals surface area contributed by atoms with Gasteiger partial charge in [-0.25, -0.2) is 8.42 Å². The van der Waals surface area contributed by atoms with Crippen molar-refractivity contribution in [2.75, 3.05) is 25.0 Å². The van der Waals surface area contributed by atoms with Gasteiger partial charge in [0.1, 0.15) is 10.9 Å². The van der Waals surface area contributed by atoms with E-state index in [2.05, 4.69) is 4.98 Å². The zero-order chi connectivity index (χ0) is 20.6. The number of hydrogen-bond acceptors (Lipinski definition) is 5. The van der Waals surface area contributed by atoms with Gasteiger partial charge in [-0.05, 0) is 43.5 Å². The number of rotatable bonds is 4. The fourth-order valence-electron chi connectivity index (χ4n) is 4.29. The molecule has 2 aliphatic heterocycles. The molecule has 0 radical (unpaired) electrons. The summed E-state index contributed by atoms with van der Waals surface area (Å²) in [6, 6.07) is 10.4. The number of nitrogens with zero attached hydrogens (tertiary/aromatic N) is 4. The molecule has 7 nitrogen and oxygen atoms in total. The largest absolute Gasteiger partial charge is 0.354 e. The van der Waals surface area contributed by atoms with Crippen LogP contribution in [-0.4, -0.2) is 60.7 Å². The molecule has 0 bridgehead atoms. The second kappa shape index (κ2) is 7.76. The molecule has 0 spiro atoms. The third-order valence-electron chi connectivity index (χ3n) is 5.90. The summed E-state index contributed by atoms with van der Waals surface area (Å²) in [5, 5.41) is 0. The van der Waals surface area contributed by atoms with Crippen molar-refractivity contribution >= 4 is 21.6 Å². The average Bonchev–Trinajstić information content (AvgIpc) is 3.12. The highest BCUT2D eigenvalue weighted by atomic mass is 32.2. The number of carbonyl (C=O) groups excluding carboxylic acids is 1. The third kappa shape index (κ3) is 3.51. The van der Waals surface area contributed by atoms with E-state index < -0.39 is 10.0 Å². The van der Waals surface area contributed by atoms with E-state index in [0.29, 0.717) is 18.8 Å². The van der Waals surface area contributed by atoms with Crippen LogP contribution in [0.2, 0.25) is 0 Å². The van der Waals surface area contributed by atoms with Crippen LogP contribution < -0.4 is 4.90 Å². The summed E-state index contributed by atoms with van der Waals surface area (Å²) < 4.78 is 28.6. The van der Waals surface area contributed by atoms with E-state index in [-0.39, 0.29) is 29.4 Å². The van der Waals surface area contributed by atoms with Gasteiger partial charge in [-0.15, -0.1) is 0 Å². The van der Waals surface area contributed by atoms with Crippen LogP contribution in [0.4, 0.5) is 5.69 Å². The Balaban J connectivity index is 1.77. The first-order chi connectivity index (χ1) is 13.9. The Labute approximate surface area is 172 Å². The highest BCUT2D eigenvalue weighted by Gasteiger charge is 2.45. The maximum Gasteiger partial charge on any atom is 0.245 e. The van der Waals surface area contributed by atoms with Crippen molar-refractivity contribution in [2.24, 2.45) is 0 Å². The van der Waals surface area contributed by atoms with Crippen molar-refractivity contribution in [3.05, 3.63) is 54.4 Å². The van der Waals surface area contributed by atoms with Crippen LogP contribution in [0.1, 0.15) is 25.3 Å². The van der Waals surface area contributed by atoms with Crippen LogP contribution in [0.3, 0.4) is 0 Å². The lowest BCUT2D eigenvalue weighted by atomic mass is 10.1. The van der Waals surface area contributed by atoms with E-state index in [9.17, 15) is 13.2 Å². The Morgan fingerprint density at radius 1 is 1.21 bits per heavy atom. The lowest BCUT2D eigenvalue weighted by Crippen LogP contribution is -2.48. The molecule has 2 atom stereocenters. The number of carbonyl (C=O) groups is 1. The molecule has 2 aromatic rings. The van der Waals surface area contributed by atoms with Gasteiger partial charge in [0.05, 0.1) is 5.69 Å². The number of pyridine rings is 1. The molecule has 8 heteroatoms. The summed E-state index contributed by atoms with van der Waals surface area (Å²) in [5.41, 5.74) is 1.48. The van der Waals surface area contributed by atoms with Crippen molar-refractivity contribution in [3.8, 4) is 0 Å². The smallest absolute Gasteiger partial charge is 0.245 e. The molecule has 3 heterocycles. The third-order valence-corrected chi connectivity index (χ3v) is 7.75. The lowest BCUT2D eigenvalue weighted by molar-refractivity contribution is -0.130. The molecule has 4 rings (SSSR count). The number of amides is 1. The summed E-state index contributed by atoms with van der Waals surface area (Å²) in [6.07, 6.45) is 4.88. The van der Waals surface area contributed by atoms with Crippen LogP contribution in [0, 0.1) is 0 Å². The SMILES string of the molecule is CCN(C)C(=O)[C@@H]1CC[C@H]2CN(Cc3cccnc3)S(=O)(=O)c3ccccc3N21. The van der Waals surface area contributed by atoms with Crippen molar-refractivity contribution in [1.29, 1.82) is 0 Å². The quantitative estimate of drug-likeness (QED) is 0.766. The Kier molecular flexibility index (Phi) is 5.31. The van der Waals surface area contributed by atoms with E-state index in [0.717, 1.165) is 18.4 Å². The molecule has 1 aromatic carbocycles. The van der Waals surface area contributed by atoms with Crippen LogP contribution in [-0.2, 0) is 21.4 Å². The number of sulfonamides is 1. The van der Waals surface area contributed by atoms with E-state index in [4.69, 9.17) is 0 Å². The number of benzene rings is 1. The number of fused-ring (bicyclic) bond motifs is 3. The van der Waals surface area contributed by atoms with Gasteiger partial charge in [-0.2, -0.15) is 4.31 Å². The predicted octanol–water partition coefficient (Wildman–Crippen LogP) is 2.10. The molecule has 1 saturated heterocycles. The van der Waals surface area contributed by atoms with Crippen LogP contribution in [0.5, 0.6) is 0 Å². The van der Waals surface area contributed by atoms with Gasteiger partial charge in [0, 0.05) is 45.1 Å². The first-order valence-electron chi connectivity index (χ1n) is 9.95. The summed E-state index contributed by atoms with van der Waals surface area (Å²) in [7, 11) is -1.90. The second-order valence-electron chi connectivity index (χ2n) is 7.63. The molecule has 2 aliphatic rings. The van der Waals surface area contributed by atoms with Crippen molar-refractivity contribution in [2.45, 2.75) is 43.3 Å². The highest BCUT2D eigenvalue weighted by molar-refractivity contribution is 7.89. The summed E-state index contributed by atoms with van der Waals surface area (Å²) in [5.74, 6) is 0.0444. The maximum absolute atomic E-state index is 13.5. The van der Waals surface area contributed by atoms with Crippen LogP contribution >= 0.6 is 0 Å². The average molecular weight is 415 g/mol. The van der Waals surface area contributed by atoms with Crippen molar-refractivity contribution < 1.29 is 13.2 Å². The fraction of sp³-hybridized carbons (Fsp3) is 0.429. The van der Waals surface area contributed by atoms with Gasteiger partial charge in [0.25, 0.3) is 0 Å². The molecule has 1 aromatic heterocycles. The van der Waals surface area contributed by atoms with E-state index in [1.807, 2.05) is 36.1 Å². The Bertz CT molecular complexity index is 996. The van der Waals surface area contributed by atoms with E-state index in [1.165, 1.54) is 4.31 Å². The molecule has 0 N–H and O–H groups in total. The Hall–Kier alpha value is -2.45. The fourth-order valence-corrected chi connectivity index (χ4v) is 5.94. The number of hydrogen-bond donors (Lipinski definition) is 0. The topological polar surface area (TPSA) is 73.8 Å². The molecule has 1 amide bonds. The lowest BCUT2D eigenvalue weighted by Gasteiger charge is -2.33. The molecule has 0 aliphatic carbocycles. The number of anilines is 1. The molecular formula is C21H26N4O3S. The second-order valence-corrected chi connectivity index (χ2v) is 9.54. The van der Waals surface area contributed by atoms with Gasteiger partial charge in [-0.1, -0.05) is 18.2 Å². The Morgan fingerprint density at radius 3 is 2.72 bits per heavy atom. The minimum atomic E-state index is -3.70. The van der Waals surface area contributed by atoms with Gasteiger partial charge in [0.15, 0.2) is 0 Å². The standard InChI is InChI=1S/C21H26N4O3S/c1-3-23(2)21(26)19-11-10-17-15-24(14-16-7-6-12-22-13-16)29(27,28)20-9-5-4-8-18(20)25(17)19/h4-9,12-13,17,19H,3,10-11,14-15H2,1-2H3/t17-,19-/m0/s1. The molecule has 0 saturated carbocycles. The molecule has 154 valence electrons. The predicted molar refractivity (Wildman–Crippen MR) is 111 cm³/mol. The first kappa shape index (κ1) is 19.8. The molecule has 0 unspecified atom stereocenters. The number of para-hydroxylation sites is 1. The van der Waals surface area contributed by atoms with Crippen LogP contribution in [0.15, 0.2) is 53.7 Å². The number of likely N-dealkylation sites (N-methyl/N-ethyl adjacent to an activating group) is 1. The molecule has 29 heavy (non-hydrogen) atoms. The van der Waals surface area contributed by atoms with Crippen molar-refractivity contribution in [3.63, 3.8) is 0 Å². The zero-order valence-electron chi connectivity index (χ0n) is 16.7. The summed E-state index contributed by atoms with van der Waals surface area (Å²) in [4.78, 5) is 21.1. The first-order valence-corrected chi connectivity index (χ1v) is 11.4. The Morgan fingerprint density at radius 2 is 2.00 bits per heavy atom. The monoisotopic (exact) mass is 414 g/mol. The molecule has 1 fully saturated rings. The zero-order valence-corrected chi connectivity index (χ0v) is 17.5. The minimum absolute atomic E-state index is 0.0377. The summed E-state index contributed by atoms with van der Waals surface area (Å²) >= 11 is 0. The van der Waals surface area contributed by atoms with Crippen LogP contribution in [0.25, 0.3) is 0 Å². The normalized spacial score (nSPS) is 23.2. The van der Waals surface area contributed by atoms with Gasteiger partial charge < -0.3 is 9.80 Å². The number of aromatic nitrogens is 1. The van der Waals surface area contributed by atoms with E-state index >= 15 is 0 Å². The summed E-state index contributed by atoms with van der Waals surface area (Å²) in [6.45, 7) is 3.19. The minimum Gasteiger partial charge on any atom is -0.354 e. The molecular weight excluding hydrogens is 388 g/mol. The van der Waals surface area contributed by atoms with Crippen molar-refractivity contribution in [1.82, 2.24) is 14.2 Å². The van der Waals surface area contributed by atoms with E-state index in [1.54, 1.807) is 36.5 Å². The van der Waals surface area contributed by atoms with Gasteiger partial charge in [0.2, 0.25) is 15.9 Å². The maximum atomic E-state index is 13.5.